The zero-order valence-electron chi connectivity index (χ0n) is 16.5. The highest BCUT2D eigenvalue weighted by Gasteiger charge is 2.27. The molecule has 2 aromatic carbocycles. The zero-order chi connectivity index (χ0) is 20.7. The number of anilines is 1. The maximum absolute atomic E-state index is 13.2. The SMILES string of the molecule is COC[C@H](C)NC(=O)CN(c1ccc(C)cc1)S(=O)(=O)c1ccc(OC)cc1. The summed E-state index contributed by atoms with van der Waals surface area (Å²) in [5.74, 6) is 0.134. The van der Waals surface area contributed by atoms with Gasteiger partial charge < -0.3 is 14.8 Å². The van der Waals surface area contributed by atoms with Crippen molar-refractivity contribution < 1.29 is 22.7 Å². The Bertz CT molecular complexity index is 880. The Morgan fingerprint density at radius 3 is 2.21 bits per heavy atom. The summed E-state index contributed by atoms with van der Waals surface area (Å²) >= 11 is 0. The number of hydrogen-bond acceptors (Lipinski definition) is 5. The van der Waals surface area contributed by atoms with Gasteiger partial charge in [0, 0.05) is 13.2 Å². The summed E-state index contributed by atoms with van der Waals surface area (Å²) in [7, 11) is -0.905. The van der Waals surface area contributed by atoms with Crippen LogP contribution in [0.25, 0.3) is 0 Å². The normalized spacial score (nSPS) is 12.3. The lowest BCUT2D eigenvalue weighted by Crippen LogP contribution is -2.44. The fourth-order valence-corrected chi connectivity index (χ4v) is 4.06. The van der Waals surface area contributed by atoms with E-state index in [1.165, 1.54) is 26.4 Å². The molecule has 7 nitrogen and oxygen atoms in total. The lowest BCUT2D eigenvalue weighted by molar-refractivity contribution is -0.120. The molecule has 28 heavy (non-hydrogen) atoms. The van der Waals surface area contributed by atoms with E-state index in [2.05, 4.69) is 5.32 Å². The number of nitrogens with zero attached hydrogens (tertiary/aromatic N) is 1. The van der Waals surface area contributed by atoms with Gasteiger partial charge in [0.25, 0.3) is 10.0 Å². The van der Waals surface area contributed by atoms with Crippen molar-refractivity contribution in [1.29, 1.82) is 0 Å². The minimum absolute atomic E-state index is 0.0756. The van der Waals surface area contributed by atoms with Crippen LogP contribution >= 0.6 is 0 Å². The van der Waals surface area contributed by atoms with Gasteiger partial charge in [-0.05, 0) is 50.2 Å². The Morgan fingerprint density at radius 1 is 1.07 bits per heavy atom. The van der Waals surface area contributed by atoms with Crippen molar-refractivity contribution in [3.63, 3.8) is 0 Å². The summed E-state index contributed by atoms with van der Waals surface area (Å²) in [6.45, 7) is 3.69. The van der Waals surface area contributed by atoms with Gasteiger partial charge in [-0.3, -0.25) is 9.10 Å². The molecule has 0 saturated carbocycles. The van der Waals surface area contributed by atoms with Gasteiger partial charge in [-0.15, -0.1) is 0 Å². The second-order valence-corrected chi connectivity index (χ2v) is 8.31. The molecule has 0 unspecified atom stereocenters. The van der Waals surface area contributed by atoms with Crippen molar-refractivity contribution in [2.75, 3.05) is 31.7 Å². The molecule has 0 bridgehead atoms. The van der Waals surface area contributed by atoms with Gasteiger partial charge in [0.1, 0.15) is 12.3 Å². The fourth-order valence-electron chi connectivity index (χ4n) is 2.64. The second-order valence-electron chi connectivity index (χ2n) is 6.45. The number of methoxy groups -OCH3 is 2. The van der Waals surface area contributed by atoms with Crippen molar-refractivity contribution in [2.45, 2.75) is 24.8 Å². The van der Waals surface area contributed by atoms with Crippen molar-refractivity contribution in [3.05, 3.63) is 54.1 Å². The minimum atomic E-state index is -3.95. The van der Waals surface area contributed by atoms with E-state index in [-0.39, 0.29) is 17.5 Å². The molecule has 1 amide bonds. The van der Waals surface area contributed by atoms with Gasteiger partial charge in [0.2, 0.25) is 5.91 Å². The smallest absolute Gasteiger partial charge is 0.264 e. The number of benzene rings is 2. The number of rotatable bonds is 9. The standard InChI is InChI=1S/C20H26N2O5S/c1-15-5-7-17(8-6-15)22(13-20(23)21-16(2)14-26-3)28(24,25)19-11-9-18(27-4)10-12-19/h5-12,16H,13-14H2,1-4H3,(H,21,23)/t16-/m0/s1. The van der Waals surface area contributed by atoms with Gasteiger partial charge in [-0.2, -0.15) is 0 Å². The molecule has 152 valence electrons. The molecule has 0 aromatic heterocycles. The van der Waals surface area contributed by atoms with E-state index in [1.54, 1.807) is 43.3 Å². The van der Waals surface area contributed by atoms with Crippen LogP contribution in [-0.2, 0) is 19.6 Å². The van der Waals surface area contributed by atoms with Gasteiger partial charge in [-0.1, -0.05) is 17.7 Å². The van der Waals surface area contributed by atoms with Crippen LogP contribution < -0.4 is 14.4 Å². The molecule has 0 aliphatic heterocycles. The maximum atomic E-state index is 13.2. The predicted octanol–water partition coefficient (Wildman–Crippen LogP) is 2.35. The molecule has 0 aliphatic rings. The number of carbonyl (C=O) groups is 1. The van der Waals surface area contributed by atoms with Gasteiger partial charge in [0.05, 0.1) is 24.3 Å². The van der Waals surface area contributed by atoms with Crippen molar-refractivity contribution in [3.8, 4) is 5.75 Å². The Hall–Kier alpha value is -2.58. The average molecular weight is 407 g/mol. The fraction of sp³-hybridized carbons (Fsp3) is 0.350. The molecule has 0 spiro atoms. The van der Waals surface area contributed by atoms with E-state index >= 15 is 0 Å². The number of nitrogens with one attached hydrogen (secondary N) is 1. The second kappa shape index (κ2) is 9.57. The van der Waals surface area contributed by atoms with Crippen LogP contribution in [0.15, 0.2) is 53.4 Å². The summed E-state index contributed by atoms with van der Waals surface area (Å²) in [5.41, 5.74) is 1.40. The molecule has 0 radical (unpaired) electrons. The van der Waals surface area contributed by atoms with E-state index in [1.807, 2.05) is 6.92 Å². The third-order valence-corrected chi connectivity index (χ3v) is 5.87. The highest BCUT2D eigenvalue weighted by Crippen LogP contribution is 2.25. The molecule has 1 N–H and O–H groups in total. The van der Waals surface area contributed by atoms with Crippen LogP contribution in [0, 0.1) is 6.92 Å². The van der Waals surface area contributed by atoms with E-state index < -0.39 is 15.9 Å². The molecular formula is C20H26N2O5S. The highest BCUT2D eigenvalue weighted by molar-refractivity contribution is 7.92. The third kappa shape index (κ3) is 5.46. The Balaban J connectivity index is 2.36. The Morgan fingerprint density at radius 2 is 1.68 bits per heavy atom. The molecule has 0 saturated heterocycles. The van der Waals surface area contributed by atoms with Crippen LogP contribution in [0.5, 0.6) is 5.75 Å². The summed E-state index contributed by atoms with van der Waals surface area (Å²) in [6.07, 6.45) is 0. The lowest BCUT2D eigenvalue weighted by atomic mass is 10.2. The third-order valence-electron chi connectivity index (χ3n) is 4.08. The summed E-state index contributed by atoms with van der Waals surface area (Å²) < 4.78 is 37.7. The Kier molecular flexibility index (Phi) is 7.42. The number of ether oxygens (including phenoxy) is 2. The minimum Gasteiger partial charge on any atom is -0.497 e. The first-order valence-corrected chi connectivity index (χ1v) is 10.2. The van der Waals surface area contributed by atoms with E-state index in [0.29, 0.717) is 18.0 Å². The average Bonchev–Trinajstić information content (AvgIpc) is 2.67. The molecule has 2 aromatic rings. The number of hydrogen-bond donors (Lipinski definition) is 1. The summed E-state index contributed by atoms with van der Waals surface area (Å²) in [6, 6.07) is 12.8. The van der Waals surface area contributed by atoms with Crippen LogP contribution in [-0.4, -0.2) is 47.7 Å². The summed E-state index contributed by atoms with van der Waals surface area (Å²) in [4.78, 5) is 12.5. The monoisotopic (exact) mass is 406 g/mol. The predicted molar refractivity (Wildman–Crippen MR) is 108 cm³/mol. The van der Waals surface area contributed by atoms with Crippen LogP contribution in [0.1, 0.15) is 12.5 Å². The summed E-state index contributed by atoms with van der Waals surface area (Å²) in [5, 5.41) is 2.74. The van der Waals surface area contributed by atoms with Crippen molar-refractivity contribution in [2.24, 2.45) is 0 Å². The molecule has 1 atom stereocenters. The first-order chi connectivity index (χ1) is 13.3. The van der Waals surface area contributed by atoms with Gasteiger partial charge in [0.15, 0.2) is 0 Å². The first-order valence-electron chi connectivity index (χ1n) is 8.79. The van der Waals surface area contributed by atoms with Crippen LogP contribution in [0.4, 0.5) is 5.69 Å². The molecule has 0 aliphatic carbocycles. The van der Waals surface area contributed by atoms with Gasteiger partial charge in [-0.25, -0.2) is 8.42 Å². The molecule has 0 fully saturated rings. The van der Waals surface area contributed by atoms with E-state index in [0.717, 1.165) is 9.87 Å². The quantitative estimate of drug-likeness (QED) is 0.691. The van der Waals surface area contributed by atoms with Crippen molar-refractivity contribution in [1.82, 2.24) is 5.32 Å². The molecular weight excluding hydrogens is 380 g/mol. The van der Waals surface area contributed by atoms with E-state index in [4.69, 9.17) is 9.47 Å². The topological polar surface area (TPSA) is 84.9 Å². The number of aryl methyl sites for hydroxylation is 1. The molecule has 2 rings (SSSR count). The largest absolute Gasteiger partial charge is 0.497 e. The molecule has 0 heterocycles. The highest BCUT2D eigenvalue weighted by atomic mass is 32.2. The Labute approximate surface area is 166 Å². The maximum Gasteiger partial charge on any atom is 0.264 e. The number of carbonyl (C=O) groups excluding carboxylic acids is 1. The number of sulfonamides is 1. The van der Waals surface area contributed by atoms with Crippen molar-refractivity contribution >= 4 is 21.6 Å². The van der Waals surface area contributed by atoms with E-state index in [9.17, 15) is 13.2 Å². The zero-order valence-corrected chi connectivity index (χ0v) is 17.3. The first kappa shape index (κ1) is 21.7. The molecule has 8 heteroatoms. The van der Waals surface area contributed by atoms with Crippen LogP contribution in [0.3, 0.4) is 0 Å². The lowest BCUT2D eigenvalue weighted by Gasteiger charge is -2.25. The number of amides is 1. The van der Waals surface area contributed by atoms with Crippen LogP contribution in [0.2, 0.25) is 0 Å². The van der Waals surface area contributed by atoms with Gasteiger partial charge >= 0.3 is 0 Å².